The molecule has 0 radical (unpaired) electrons. The van der Waals surface area contributed by atoms with Gasteiger partial charge in [0.15, 0.2) is 0 Å². The normalized spacial score (nSPS) is 29.6. The van der Waals surface area contributed by atoms with Gasteiger partial charge in [-0.05, 0) is 31.6 Å². The summed E-state index contributed by atoms with van der Waals surface area (Å²) in [6, 6.07) is 0. The largest absolute Gasteiger partial charge is 0.393 e. The van der Waals surface area contributed by atoms with Crippen LogP contribution in [0, 0.1) is 11.8 Å². The van der Waals surface area contributed by atoms with Gasteiger partial charge in [-0.25, -0.2) is 0 Å². The predicted octanol–water partition coefficient (Wildman–Crippen LogP) is 3.08. The highest BCUT2D eigenvalue weighted by Gasteiger charge is 2.26. The third kappa shape index (κ3) is 3.31. The lowest BCUT2D eigenvalue weighted by molar-refractivity contribution is -0.125. The Morgan fingerprint density at radius 1 is 1.06 bits per heavy atom. The summed E-state index contributed by atoms with van der Waals surface area (Å²) < 4.78 is 0. The third-order valence-electron chi connectivity index (χ3n) is 4.32. The van der Waals surface area contributed by atoms with E-state index in [9.17, 15) is 9.90 Å². The Labute approximate surface area is 98.4 Å². The minimum absolute atomic E-state index is 0.171. The lowest BCUT2D eigenvalue weighted by Gasteiger charge is -2.24. The van der Waals surface area contributed by atoms with E-state index in [4.69, 9.17) is 0 Å². The Balaban J connectivity index is 1.72. The summed E-state index contributed by atoms with van der Waals surface area (Å²) in [4.78, 5) is 11.7. The first kappa shape index (κ1) is 12.1. The van der Waals surface area contributed by atoms with Crippen LogP contribution in [0.25, 0.3) is 0 Å². The number of Topliss-reactive ketones (excluding diaryl/α,β-unsaturated/α-hetero) is 1. The van der Waals surface area contributed by atoms with E-state index in [0.717, 1.165) is 38.0 Å². The predicted molar refractivity (Wildman–Crippen MR) is 64.2 cm³/mol. The second kappa shape index (κ2) is 5.81. The van der Waals surface area contributed by atoms with Crippen molar-refractivity contribution in [1.82, 2.24) is 0 Å². The molecular formula is C14H24O2. The zero-order chi connectivity index (χ0) is 11.4. The fraction of sp³-hybridized carbons (Fsp3) is 0.929. The smallest absolute Gasteiger partial charge is 0.136 e. The lowest BCUT2D eigenvalue weighted by Crippen LogP contribution is -2.25. The van der Waals surface area contributed by atoms with Crippen LogP contribution in [0.2, 0.25) is 0 Å². The van der Waals surface area contributed by atoms with Gasteiger partial charge < -0.3 is 5.11 Å². The molecule has 2 aliphatic carbocycles. The maximum Gasteiger partial charge on any atom is 0.136 e. The summed E-state index contributed by atoms with van der Waals surface area (Å²) in [6.45, 7) is 0. The second-order valence-corrected chi connectivity index (χ2v) is 5.68. The highest BCUT2D eigenvalue weighted by atomic mass is 16.3. The summed E-state index contributed by atoms with van der Waals surface area (Å²) in [5.74, 6) is 1.30. The van der Waals surface area contributed by atoms with Crippen molar-refractivity contribution in [3.8, 4) is 0 Å². The maximum absolute atomic E-state index is 11.7. The molecule has 0 amide bonds. The molecule has 2 unspecified atom stereocenters. The molecule has 0 saturated heterocycles. The van der Waals surface area contributed by atoms with E-state index >= 15 is 0 Å². The summed E-state index contributed by atoms with van der Waals surface area (Å²) in [5, 5.41) is 10.0. The molecule has 2 fully saturated rings. The van der Waals surface area contributed by atoms with Crippen LogP contribution in [0.1, 0.15) is 64.2 Å². The van der Waals surface area contributed by atoms with Crippen LogP contribution in [0.4, 0.5) is 0 Å². The van der Waals surface area contributed by atoms with Crippen LogP contribution >= 0.6 is 0 Å². The highest BCUT2D eigenvalue weighted by Crippen LogP contribution is 2.31. The molecule has 2 saturated carbocycles. The molecule has 2 heteroatoms. The number of aliphatic hydroxyl groups excluding tert-OH is 1. The Morgan fingerprint density at radius 3 is 2.44 bits per heavy atom. The molecular weight excluding hydrogens is 200 g/mol. The summed E-state index contributed by atoms with van der Waals surface area (Å²) in [5.41, 5.74) is 0. The van der Waals surface area contributed by atoms with Gasteiger partial charge in [0, 0.05) is 12.3 Å². The Kier molecular flexibility index (Phi) is 4.39. The molecule has 0 bridgehead atoms. The third-order valence-corrected chi connectivity index (χ3v) is 4.32. The molecule has 1 N–H and O–H groups in total. The van der Waals surface area contributed by atoms with Gasteiger partial charge in [-0.3, -0.25) is 4.79 Å². The molecule has 2 nitrogen and oxygen atoms in total. The first-order valence-electron chi connectivity index (χ1n) is 6.96. The molecule has 0 aromatic rings. The highest BCUT2D eigenvalue weighted by molar-refractivity contribution is 5.81. The van der Waals surface area contributed by atoms with E-state index in [-0.39, 0.29) is 12.0 Å². The van der Waals surface area contributed by atoms with E-state index < -0.39 is 0 Å². The number of carbonyl (C=O) groups is 1. The molecule has 0 aromatic heterocycles. The van der Waals surface area contributed by atoms with Gasteiger partial charge in [0.25, 0.3) is 0 Å². The standard InChI is InChI=1S/C14H24O2/c15-13(9-11-5-1-2-6-11)10-12-7-3-4-8-14(12)16/h11-13,15H,1-10H2. The summed E-state index contributed by atoms with van der Waals surface area (Å²) >= 11 is 0. The number of carbonyl (C=O) groups excluding carboxylic acids is 1. The fourth-order valence-electron chi connectivity index (χ4n) is 3.36. The van der Waals surface area contributed by atoms with Gasteiger partial charge in [0.05, 0.1) is 6.10 Å². The van der Waals surface area contributed by atoms with E-state index in [1.165, 1.54) is 32.1 Å². The summed E-state index contributed by atoms with van der Waals surface area (Å²) in [6.07, 6.45) is 10.7. The van der Waals surface area contributed by atoms with Gasteiger partial charge in [-0.1, -0.05) is 32.1 Å². The van der Waals surface area contributed by atoms with E-state index in [0.29, 0.717) is 5.78 Å². The Bertz CT molecular complexity index is 231. The minimum atomic E-state index is -0.227. The lowest BCUT2D eigenvalue weighted by atomic mass is 9.82. The first-order chi connectivity index (χ1) is 7.75. The van der Waals surface area contributed by atoms with Crippen molar-refractivity contribution in [2.75, 3.05) is 0 Å². The zero-order valence-corrected chi connectivity index (χ0v) is 10.2. The van der Waals surface area contributed by atoms with Gasteiger partial charge in [-0.15, -0.1) is 0 Å². The Morgan fingerprint density at radius 2 is 1.75 bits per heavy atom. The van der Waals surface area contributed by atoms with Crippen molar-refractivity contribution in [1.29, 1.82) is 0 Å². The average molecular weight is 224 g/mol. The van der Waals surface area contributed by atoms with E-state index in [2.05, 4.69) is 0 Å². The molecule has 2 atom stereocenters. The van der Waals surface area contributed by atoms with Crippen LogP contribution in [0.3, 0.4) is 0 Å². The zero-order valence-electron chi connectivity index (χ0n) is 10.2. The minimum Gasteiger partial charge on any atom is -0.393 e. The topological polar surface area (TPSA) is 37.3 Å². The first-order valence-corrected chi connectivity index (χ1v) is 6.96. The SMILES string of the molecule is O=C1CCCCC1CC(O)CC1CCCC1. The molecule has 2 rings (SSSR count). The molecule has 2 aliphatic rings. The van der Waals surface area contributed by atoms with Crippen LogP contribution in [0.15, 0.2) is 0 Å². The molecule has 0 heterocycles. The Hall–Kier alpha value is -0.370. The van der Waals surface area contributed by atoms with Crippen molar-refractivity contribution in [2.24, 2.45) is 11.8 Å². The second-order valence-electron chi connectivity index (χ2n) is 5.68. The van der Waals surface area contributed by atoms with Crippen molar-refractivity contribution >= 4 is 5.78 Å². The van der Waals surface area contributed by atoms with Crippen molar-refractivity contribution in [2.45, 2.75) is 70.3 Å². The van der Waals surface area contributed by atoms with E-state index in [1.54, 1.807) is 0 Å². The van der Waals surface area contributed by atoms with Gasteiger partial charge >= 0.3 is 0 Å². The number of rotatable bonds is 4. The van der Waals surface area contributed by atoms with Crippen LogP contribution in [-0.4, -0.2) is 17.0 Å². The van der Waals surface area contributed by atoms with Crippen LogP contribution in [-0.2, 0) is 4.79 Å². The number of ketones is 1. The number of hydrogen-bond acceptors (Lipinski definition) is 2. The maximum atomic E-state index is 11.7. The molecule has 92 valence electrons. The monoisotopic (exact) mass is 224 g/mol. The number of hydrogen-bond donors (Lipinski definition) is 1. The van der Waals surface area contributed by atoms with Crippen LogP contribution in [0.5, 0.6) is 0 Å². The summed E-state index contributed by atoms with van der Waals surface area (Å²) in [7, 11) is 0. The van der Waals surface area contributed by atoms with Gasteiger partial charge in [-0.2, -0.15) is 0 Å². The average Bonchev–Trinajstić information content (AvgIpc) is 2.74. The molecule has 0 spiro atoms. The van der Waals surface area contributed by atoms with E-state index in [1.807, 2.05) is 0 Å². The number of aliphatic hydroxyl groups is 1. The van der Waals surface area contributed by atoms with Crippen molar-refractivity contribution < 1.29 is 9.90 Å². The van der Waals surface area contributed by atoms with Gasteiger partial charge in [0.2, 0.25) is 0 Å². The van der Waals surface area contributed by atoms with Crippen molar-refractivity contribution in [3.63, 3.8) is 0 Å². The van der Waals surface area contributed by atoms with Gasteiger partial charge in [0.1, 0.15) is 5.78 Å². The fourth-order valence-corrected chi connectivity index (χ4v) is 3.36. The molecule has 16 heavy (non-hydrogen) atoms. The molecule has 0 aromatic carbocycles. The quantitative estimate of drug-likeness (QED) is 0.796. The van der Waals surface area contributed by atoms with Crippen molar-refractivity contribution in [3.05, 3.63) is 0 Å². The van der Waals surface area contributed by atoms with Crippen LogP contribution < -0.4 is 0 Å². The molecule has 0 aliphatic heterocycles.